The zero-order valence-electron chi connectivity index (χ0n) is 12.3. The number of rotatable bonds is 6. The number of thiocarbonyl (C=S) groups is 1. The standard InChI is InChI=1S/C14H16N4O3S2/c19-11(16-17-13(21)10-5-1-3-7-15-10)6-2-4-8-18-12(20)9-23-14(18)22/h1,3,5,7H,2,4,6,8-9H2,(H,16,19)(H,17,21). The zero-order valence-corrected chi connectivity index (χ0v) is 13.9. The van der Waals surface area contributed by atoms with Crippen molar-refractivity contribution in [3.63, 3.8) is 0 Å². The van der Waals surface area contributed by atoms with Crippen molar-refractivity contribution < 1.29 is 14.4 Å². The van der Waals surface area contributed by atoms with E-state index >= 15 is 0 Å². The van der Waals surface area contributed by atoms with Crippen LogP contribution in [0.15, 0.2) is 24.4 Å². The largest absolute Gasteiger partial charge is 0.297 e. The fraction of sp³-hybridized carbons (Fsp3) is 0.357. The van der Waals surface area contributed by atoms with Gasteiger partial charge >= 0.3 is 0 Å². The van der Waals surface area contributed by atoms with Gasteiger partial charge < -0.3 is 0 Å². The highest BCUT2D eigenvalue weighted by atomic mass is 32.2. The molecule has 23 heavy (non-hydrogen) atoms. The molecule has 0 radical (unpaired) electrons. The Hall–Kier alpha value is -2.00. The van der Waals surface area contributed by atoms with Crippen LogP contribution in [0.25, 0.3) is 0 Å². The summed E-state index contributed by atoms with van der Waals surface area (Å²) in [4.78, 5) is 40.3. The number of amides is 3. The van der Waals surface area contributed by atoms with Crippen LogP contribution >= 0.6 is 24.0 Å². The summed E-state index contributed by atoms with van der Waals surface area (Å²) in [6.45, 7) is 0.526. The first kappa shape index (κ1) is 17.4. The molecule has 7 nitrogen and oxygen atoms in total. The Balaban J connectivity index is 1.61. The Labute approximate surface area is 143 Å². The molecule has 2 heterocycles. The van der Waals surface area contributed by atoms with Gasteiger partial charge in [0.05, 0.1) is 5.75 Å². The number of carbonyl (C=O) groups is 3. The van der Waals surface area contributed by atoms with E-state index in [4.69, 9.17) is 12.2 Å². The number of thioether (sulfide) groups is 1. The first-order valence-corrected chi connectivity index (χ1v) is 8.44. The number of nitrogens with one attached hydrogen (secondary N) is 2. The van der Waals surface area contributed by atoms with Gasteiger partial charge in [0.2, 0.25) is 11.8 Å². The van der Waals surface area contributed by atoms with Crippen molar-refractivity contribution in [1.82, 2.24) is 20.7 Å². The summed E-state index contributed by atoms with van der Waals surface area (Å²) in [5, 5.41) is 0. The molecule has 1 aromatic rings. The van der Waals surface area contributed by atoms with E-state index in [1.54, 1.807) is 23.1 Å². The van der Waals surface area contributed by atoms with Crippen LogP contribution in [0.5, 0.6) is 0 Å². The second-order valence-corrected chi connectivity index (χ2v) is 6.38. The van der Waals surface area contributed by atoms with Crippen LogP contribution in [0.1, 0.15) is 29.8 Å². The van der Waals surface area contributed by atoms with Gasteiger partial charge in [0.25, 0.3) is 5.91 Å². The Morgan fingerprint density at radius 2 is 2.13 bits per heavy atom. The molecule has 2 rings (SSSR count). The number of hydrogen-bond acceptors (Lipinski definition) is 6. The third kappa shape index (κ3) is 5.29. The first-order chi connectivity index (χ1) is 11.1. The maximum Gasteiger partial charge on any atom is 0.288 e. The lowest BCUT2D eigenvalue weighted by atomic mass is 10.2. The fourth-order valence-electron chi connectivity index (χ4n) is 1.90. The summed E-state index contributed by atoms with van der Waals surface area (Å²) < 4.78 is 0.599. The minimum Gasteiger partial charge on any atom is -0.297 e. The molecule has 0 aromatic carbocycles. The molecular formula is C14H16N4O3S2. The lowest BCUT2D eigenvalue weighted by Crippen LogP contribution is -2.41. The Bertz CT molecular complexity index is 593. The number of unbranched alkanes of at least 4 members (excludes halogenated alkanes) is 1. The zero-order chi connectivity index (χ0) is 16.7. The number of nitrogens with zero attached hydrogens (tertiary/aromatic N) is 2. The van der Waals surface area contributed by atoms with Gasteiger partial charge in [-0.25, -0.2) is 0 Å². The molecule has 0 atom stereocenters. The second kappa shape index (κ2) is 8.59. The maximum atomic E-state index is 11.7. The average Bonchev–Trinajstić information content (AvgIpc) is 2.89. The van der Waals surface area contributed by atoms with Crippen LogP contribution in [0.2, 0.25) is 0 Å². The summed E-state index contributed by atoms with van der Waals surface area (Å²) in [7, 11) is 0. The normalized spacial score (nSPS) is 14.0. The number of hydrogen-bond donors (Lipinski definition) is 2. The molecule has 9 heteroatoms. The van der Waals surface area contributed by atoms with Gasteiger partial charge in [-0.1, -0.05) is 30.0 Å². The topological polar surface area (TPSA) is 91.4 Å². The SMILES string of the molecule is O=C(CCCCN1C(=O)CSC1=S)NNC(=O)c1ccccn1. The highest BCUT2D eigenvalue weighted by Crippen LogP contribution is 2.19. The lowest BCUT2D eigenvalue weighted by molar-refractivity contribution is -0.124. The summed E-state index contributed by atoms with van der Waals surface area (Å²) in [6.07, 6.45) is 3.03. The van der Waals surface area contributed by atoms with Gasteiger partial charge in [-0.2, -0.15) is 0 Å². The molecule has 0 unspecified atom stereocenters. The lowest BCUT2D eigenvalue weighted by Gasteiger charge is -2.14. The van der Waals surface area contributed by atoms with Crippen molar-refractivity contribution in [2.75, 3.05) is 12.3 Å². The molecule has 0 bridgehead atoms. The highest BCUT2D eigenvalue weighted by Gasteiger charge is 2.25. The van der Waals surface area contributed by atoms with Crippen LogP contribution in [0.3, 0.4) is 0 Å². The van der Waals surface area contributed by atoms with E-state index in [1.165, 1.54) is 18.0 Å². The molecule has 2 N–H and O–H groups in total. The molecule has 0 spiro atoms. The van der Waals surface area contributed by atoms with Crippen molar-refractivity contribution in [2.24, 2.45) is 0 Å². The smallest absolute Gasteiger partial charge is 0.288 e. The Kier molecular flexibility index (Phi) is 6.48. The number of aromatic nitrogens is 1. The molecule has 0 saturated carbocycles. The molecule has 3 amide bonds. The second-order valence-electron chi connectivity index (χ2n) is 4.77. The van der Waals surface area contributed by atoms with Gasteiger partial charge in [0.15, 0.2) is 0 Å². The summed E-state index contributed by atoms with van der Waals surface area (Å²) in [5.41, 5.74) is 4.87. The predicted molar refractivity (Wildman–Crippen MR) is 90.5 cm³/mol. The average molecular weight is 352 g/mol. The van der Waals surface area contributed by atoms with Gasteiger partial charge in [0, 0.05) is 19.2 Å². The monoisotopic (exact) mass is 352 g/mol. The molecule has 1 fully saturated rings. The quantitative estimate of drug-likeness (QED) is 0.448. The van der Waals surface area contributed by atoms with E-state index in [-0.39, 0.29) is 23.9 Å². The number of pyridine rings is 1. The van der Waals surface area contributed by atoms with Gasteiger partial charge in [-0.3, -0.25) is 35.1 Å². The minimum absolute atomic E-state index is 0.0204. The van der Waals surface area contributed by atoms with Crippen molar-refractivity contribution in [1.29, 1.82) is 0 Å². The van der Waals surface area contributed by atoms with Gasteiger partial charge in [-0.15, -0.1) is 0 Å². The van der Waals surface area contributed by atoms with E-state index in [1.807, 2.05) is 0 Å². The minimum atomic E-state index is -0.469. The molecule has 0 aliphatic carbocycles. The third-order valence-corrected chi connectivity index (χ3v) is 4.52. The summed E-state index contributed by atoms with van der Waals surface area (Å²) in [6, 6.07) is 4.94. The van der Waals surface area contributed by atoms with Crippen molar-refractivity contribution in [3.8, 4) is 0 Å². The third-order valence-electron chi connectivity index (χ3n) is 3.09. The van der Waals surface area contributed by atoms with E-state index in [2.05, 4.69) is 15.8 Å². The van der Waals surface area contributed by atoms with Crippen LogP contribution in [0.4, 0.5) is 0 Å². The van der Waals surface area contributed by atoms with Gasteiger partial charge in [0.1, 0.15) is 10.0 Å². The van der Waals surface area contributed by atoms with Crippen molar-refractivity contribution in [2.45, 2.75) is 19.3 Å². The van der Waals surface area contributed by atoms with E-state index in [9.17, 15) is 14.4 Å². The van der Waals surface area contributed by atoms with E-state index in [0.29, 0.717) is 29.5 Å². The molecule has 1 aromatic heterocycles. The van der Waals surface area contributed by atoms with Crippen LogP contribution in [-0.2, 0) is 9.59 Å². The Morgan fingerprint density at radius 3 is 2.78 bits per heavy atom. The van der Waals surface area contributed by atoms with E-state index in [0.717, 1.165) is 0 Å². The van der Waals surface area contributed by atoms with Gasteiger partial charge in [-0.05, 0) is 25.0 Å². The molecule has 1 saturated heterocycles. The first-order valence-electron chi connectivity index (χ1n) is 7.05. The van der Waals surface area contributed by atoms with Crippen LogP contribution in [-0.4, -0.2) is 44.2 Å². The number of carbonyl (C=O) groups excluding carboxylic acids is 3. The molecular weight excluding hydrogens is 336 g/mol. The van der Waals surface area contributed by atoms with Crippen LogP contribution in [0, 0.1) is 0 Å². The summed E-state index contributed by atoms with van der Waals surface area (Å²) in [5.74, 6) is -0.339. The van der Waals surface area contributed by atoms with Crippen molar-refractivity contribution >= 4 is 46.0 Å². The molecule has 1 aliphatic rings. The number of hydrazine groups is 1. The molecule has 122 valence electrons. The van der Waals surface area contributed by atoms with Crippen LogP contribution < -0.4 is 10.9 Å². The molecule has 1 aliphatic heterocycles. The van der Waals surface area contributed by atoms with Crippen molar-refractivity contribution in [3.05, 3.63) is 30.1 Å². The fourth-order valence-corrected chi connectivity index (χ4v) is 3.02. The predicted octanol–water partition coefficient (Wildman–Crippen LogP) is 0.873. The Morgan fingerprint density at radius 1 is 1.30 bits per heavy atom. The van der Waals surface area contributed by atoms with E-state index < -0.39 is 5.91 Å². The summed E-state index contributed by atoms with van der Waals surface area (Å²) >= 11 is 6.43. The maximum absolute atomic E-state index is 11.7. The highest BCUT2D eigenvalue weighted by molar-refractivity contribution is 8.23.